The maximum absolute atomic E-state index is 12.5. The molecule has 0 unspecified atom stereocenters. The number of rotatable bonds is 9. The Labute approximate surface area is 182 Å². The number of amides is 1. The monoisotopic (exact) mass is 432 g/mol. The number of benzene rings is 1. The van der Waals surface area contributed by atoms with Crippen molar-refractivity contribution in [1.82, 2.24) is 14.8 Å². The van der Waals surface area contributed by atoms with E-state index in [4.69, 9.17) is 16.3 Å². The molecular weight excluding hydrogens is 404 g/mol. The first-order valence-corrected chi connectivity index (χ1v) is 10.7. The molecule has 162 valence electrons. The number of methoxy groups -OCH3 is 1. The summed E-state index contributed by atoms with van der Waals surface area (Å²) in [4.78, 5) is 24.4. The van der Waals surface area contributed by atoms with Gasteiger partial charge in [-0.3, -0.25) is 9.59 Å². The summed E-state index contributed by atoms with van der Waals surface area (Å²) in [6.45, 7) is 5.63. The number of esters is 1. The molecule has 1 saturated carbocycles. The highest BCUT2D eigenvalue weighted by Gasteiger charge is 2.32. The maximum Gasteiger partial charge on any atom is 0.311 e. The molecule has 7 nitrogen and oxygen atoms in total. The summed E-state index contributed by atoms with van der Waals surface area (Å²) in [5.74, 6) is 1.38. The lowest BCUT2D eigenvalue weighted by atomic mass is 9.88. The van der Waals surface area contributed by atoms with E-state index in [1.165, 1.54) is 7.11 Å². The molecule has 3 rings (SSSR count). The number of nitrogens with one attached hydrogen (secondary N) is 1. The van der Waals surface area contributed by atoms with E-state index < -0.39 is 5.41 Å². The number of ether oxygens (including phenoxy) is 1. The van der Waals surface area contributed by atoms with E-state index >= 15 is 0 Å². The molecule has 30 heavy (non-hydrogen) atoms. The van der Waals surface area contributed by atoms with Gasteiger partial charge in [-0.05, 0) is 57.7 Å². The van der Waals surface area contributed by atoms with Crippen molar-refractivity contribution in [1.29, 1.82) is 0 Å². The van der Waals surface area contributed by atoms with Gasteiger partial charge in [0.25, 0.3) is 0 Å². The van der Waals surface area contributed by atoms with Gasteiger partial charge in [-0.1, -0.05) is 17.7 Å². The molecule has 1 aliphatic rings. The highest BCUT2D eigenvalue weighted by atomic mass is 35.5. The highest BCUT2D eigenvalue weighted by molar-refractivity contribution is 6.31. The van der Waals surface area contributed by atoms with E-state index in [9.17, 15) is 9.59 Å². The first-order chi connectivity index (χ1) is 14.2. The minimum absolute atomic E-state index is 0.0842. The number of hydrogen-bond donors (Lipinski definition) is 1. The lowest BCUT2D eigenvalue weighted by Crippen LogP contribution is -2.26. The Morgan fingerprint density at radius 1 is 1.23 bits per heavy atom. The van der Waals surface area contributed by atoms with Crippen LogP contribution >= 0.6 is 11.6 Å². The van der Waals surface area contributed by atoms with Gasteiger partial charge in [-0.15, -0.1) is 10.2 Å². The number of aryl methyl sites for hydroxylation is 2. The summed E-state index contributed by atoms with van der Waals surface area (Å²) in [5, 5.41) is 12.3. The lowest BCUT2D eigenvalue weighted by molar-refractivity contribution is -0.151. The van der Waals surface area contributed by atoms with Crippen molar-refractivity contribution in [2.24, 2.45) is 5.41 Å². The molecule has 1 aromatic heterocycles. The average Bonchev–Trinajstić information content (AvgIpc) is 3.47. The van der Waals surface area contributed by atoms with Gasteiger partial charge < -0.3 is 14.6 Å². The smallest absolute Gasteiger partial charge is 0.311 e. The minimum atomic E-state index is -0.579. The predicted molar refractivity (Wildman–Crippen MR) is 116 cm³/mol. The molecule has 0 bridgehead atoms. The van der Waals surface area contributed by atoms with Gasteiger partial charge in [0.1, 0.15) is 11.6 Å². The number of aromatic nitrogens is 3. The van der Waals surface area contributed by atoms with Gasteiger partial charge in [0, 0.05) is 36.0 Å². The average molecular weight is 433 g/mol. The second-order valence-corrected chi connectivity index (χ2v) is 8.88. The van der Waals surface area contributed by atoms with Crippen molar-refractivity contribution in [3.63, 3.8) is 0 Å². The van der Waals surface area contributed by atoms with Gasteiger partial charge in [0.2, 0.25) is 5.91 Å². The molecule has 0 radical (unpaired) electrons. The minimum Gasteiger partial charge on any atom is -0.469 e. The molecule has 8 heteroatoms. The highest BCUT2D eigenvalue weighted by Crippen LogP contribution is 2.37. The van der Waals surface area contributed by atoms with Gasteiger partial charge in [-0.25, -0.2) is 0 Å². The number of anilines is 1. The SMILES string of the molecule is COC(=O)C(C)(C)CCc1nnc(CCC(=O)Nc2cccc(Cl)c2C)n1C1CC1. The van der Waals surface area contributed by atoms with Gasteiger partial charge in [0.05, 0.1) is 12.5 Å². The largest absolute Gasteiger partial charge is 0.469 e. The van der Waals surface area contributed by atoms with Crippen LogP contribution in [0.25, 0.3) is 0 Å². The Kier molecular flexibility index (Phi) is 6.81. The van der Waals surface area contributed by atoms with Crippen LogP contribution in [-0.4, -0.2) is 33.8 Å². The van der Waals surface area contributed by atoms with Crippen LogP contribution in [-0.2, 0) is 27.2 Å². The summed E-state index contributed by atoms with van der Waals surface area (Å²) < 4.78 is 7.05. The Morgan fingerprint density at radius 3 is 2.53 bits per heavy atom. The van der Waals surface area contributed by atoms with Crippen LogP contribution in [0.15, 0.2) is 18.2 Å². The van der Waals surface area contributed by atoms with Crippen molar-refractivity contribution in [3.05, 3.63) is 40.4 Å². The molecule has 1 aromatic carbocycles. The van der Waals surface area contributed by atoms with E-state index in [0.717, 1.165) is 35.7 Å². The number of nitrogens with zero attached hydrogens (tertiary/aromatic N) is 3. The standard InChI is InChI=1S/C22H29ClN4O3/c1-14-16(23)6-5-7-17(14)24-20(28)11-10-18-25-26-19(27(18)15-8-9-15)12-13-22(2,3)21(29)30-4/h5-7,15H,8-13H2,1-4H3,(H,24,28). The molecule has 1 fully saturated rings. The number of carbonyl (C=O) groups excluding carboxylic acids is 2. The van der Waals surface area contributed by atoms with Crippen molar-refractivity contribution in [3.8, 4) is 0 Å². The lowest BCUT2D eigenvalue weighted by Gasteiger charge is -2.21. The number of carbonyl (C=O) groups is 2. The summed E-state index contributed by atoms with van der Waals surface area (Å²) in [7, 11) is 1.41. The third-order valence-corrected chi connectivity index (χ3v) is 5.99. The fourth-order valence-corrected chi connectivity index (χ4v) is 3.61. The van der Waals surface area contributed by atoms with Crippen LogP contribution < -0.4 is 5.32 Å². The fraction of sp³-hybridized carbons (Fsp3) is 0.545. The Bertz CT molecular complexity index is 934. The fourth-order valence-electron chi connectivity index (χ4n) is 3.44. The molecule has 0 saturated heterocycles. The number of halogens is 1. The van der Waals surface area contributed by atoms with Crippen LogP contribution in [0.4, 0.5) is 5.69 Å². The van der Waals surface area contributed by atoms with E-state index in [1.807, 2.05) is 32.9 Å². The first kappa shape index (κ1) is 22.3. The van der Waals surface area contributed by atoms with Crippen LogP contribution in [0.3, 0.4) is 0 Å². The third-order valence-electron chi connectivity index (χ3n) is 5.58. The molecule has 0 spiro atoms. The summed E-state index contributed by atoms with van der Waals surface area (Å²) in [6, 6.07) is 5.85. The van der Waals surface area contributed by atoms with E-state index in [-0.39, 0.29) is 11.9 Å². The van der Waals surface area contributed by atoms with E-state index in [1.54, 1.807) is 6.07 Å². The Hall–Kier alpha value is -2.41. The van der Waals surface area contributed by atoms with Gasteiger partial charge >= 0.3 is 5.97 Å². The predicted octanol–water partition coefficient (Wildman–Crippen LogP) is 4.28. The second-order valence-electron chi connectivity index (χ2n) is 8.47. The summed E-state index contributed by atoms with van der Waals surface area (Å²) in [5.41, 5.74) is 0.996. The quantitative estimate of drug-likeness (QED) is 0.597. The zero-order valence-corrected chi connectivity index (χ0v) is 18.8. The zero-order chi connectivity index (χ0) is 21.9. The second kappa shape index (κ2) is 9.16. The molecule has 1 N–H and O–H groups in total. The molecule has 1 amide bonds. The molecule has 0 aliphatic heterocycles. The van der Waals surface area contributed by atoms with Crippen LogP contribution in [0.5, 0.6) is 0 Å². The third kappa shape index (κ3) is 5.19. The normalized spacial score (nSPS) is 13.9. The molecule has 1 aliphatic carbocycles. The first-order valence-electron chi connectivity index (χ1n) is 10.3. The molecular formula is C22H29ClN4O3. The Morgan fingerprint density at radius 2 is 1.90 bits per heavy atom. The van der Waals surface area contributed by atoms with E-state index in [0.29, 0.717) is 36.7 Å². The van der Waals surface area contributed by atoms with Crippen LogP contribution in [0, 0.1) is 12.3 Å². The van der Waals surface area contributed by atoms with Crippen molar-refractivity contribution < 1.29 is 14.3 Å². The van der Waals surface area contributed by atoms with Crippen molar-refractivity contribution in [2.75, 3.05) is 12.4 Å². The van der Waals surface area contributed by atoms with Crippen molar-refractivity contribution >= 4 is 29.2 Å². The van der Waals surface area contributed by atoms with Gasteiger partial charge in [-0.2, -0.15) is 0 Å². The molecule has 1 heterocycles. The van der Waals surface area contributed by atoms with Crippen molar-refractivity contribution in [2.45, 2.75) is 65.3 Å². The van der Waals surface area contributed by atoms with Gasteiger partial charge in [0.15, 0.2) is 0 Å². The zero-order valence-electron chi connectivity index (χ0n) is 18.0. The molecule has 2 aromatic rings. The molecule has 0 atom stereocenters. The summed E-state index contributed by atoms with van der Waals surface area (Å²) >= 11 is 6.12. The number of hydrogen-bond acceptors (Lipinski definition) is 5. The van der Waals surface area contributed by atoms with Crippen LogP contribution in [0.1, 0.15) is 62.8 Å². The Balaban J connectivity index is 1.63. The topological polar surface area (TPSA) is 86.1 Å². The maximum atomic E-state index is 12.5. The van der Waals surface area contributed by atoms with E-state index in [2.05, 4.69) is 20.1 Å². The summed E-state index contributed by atoms with van der Waals surface area (Å²) in [6.07, 6.45) is 4.26. The van der Waals surface area contributed by atoms with Crippen LogP contribution in [0.2, 0.25) is 5.02 Å².